The topological polar surface area (TPSA) is 18.5 Å². The zero-order chi connectivity index (χ0) is 19.4. The van der Waals surface area contributed by atoms with Crippen molar-refractivity contribution in [1.29, 1.82) is 0 Å². The molecule has 4 aliphatic carbocycles. The summed E-state index contributed by atoms with van der Waals surface area (Å²) in [4.78, 5) is 0. The first-order valence-corrected chi connectivity index (χ1v) is 13.9. The van der Waals surface area contributed by atoms with Crippen LogP contribution in [0.25, 0.3) is 0 Å². The molecule has 0 bridgehead atoms. The molecule has 5 aliphatic rings. The van der Waals surface area contributed by atoms with Gasteiger partial charge < -0.3 is 9.47 Å². The molecule has 28 heavy (non-hydrogen) atoms. The van der Waals surface area contributed by atoms with Gasteiger partial charge in [-0.25, -0.2) is 0 Å². The maximum Gasteiger partial charge on any atom is 0.157 e. The van der Waals surface area contributed by atoms with Crippen LogP contribution in [-0.4, -0.2) is 23.4 Å². The number of ether oxygens (including phenoxy) is 2. The van der Waals surface area contributed by atoms with Crippen LogP contribution in [0.5, 0.6) is 0 Å². The quantitative estimate of drug-likeness (QED) is 0.236. The van der Waals surface area contributed by atoms with Crippen LogP contribution < -0.4 is 0 Å². The molecule has 0 spiro atoms. The fourth-order valence-corrected chi connectivity index (χ4v) is 10.2. The number of halogens is 1. The highest BCUT2D eigenvalue weighted by molar-refractivity contribution is 14.1. The number of rotatable bonds is 3. The molecule has 4 saturated carbocycles. The summed E-state index contributed by atoms with van der Waals surface area (Å²) >= 11 is 2.67. The number of hydrogen-bond acceptors (Lipinski definition) is 2. The highest BCUT2D eigenvalue weighted by Gasteiger charge is 2.60. The molecule has 1 aliphatic heterocycles. The van der Waals surface area contributed by atoms with Crippen LogP contribution >= 0.6 is 22.6 Å². The Morgan fingerprint density at radius 2 is 1.71 bits per heavy atom. The van der Waals surface area contributed by atoms with Crippen LogP contribution in [0, 0.1) is 40.4 Å². The normalized spacial score (nSPS) is 53.9. The van der Waals surface area contributed by atoms with E-state index in [1.54, 1.807) is 0 Å². The summed E-state index contributed by atoms with van der Waals surface area (Å²) in [6, 6.07) is 0. The summed E-state index contributed by atoms with van der Waals surface area (Å²) in [6.45, 7) is 6.27. The smallest absolute Gasteiger partial charge is 0.157 e. The molecule has 0 unspecified atom stereocenters. The standard InChI is InChI=1S/C25H41IO2/c1-24-12-10-19(28-23-5-3-4-14-27-23)15-17(24)6-8-20-21-9-7-18(16-26)25(21,2)13-11-22(20)24/h17-23H,3-16H2,1-2H3/t17-,18+,19-,20-,21-,22+,23+,24-,25+/m0/s1. The molecule has 1 saturated heterocycles. The van der Waals surface area contributed by atoms with Crippen molar-refractivity contribution < 1.29 is 9.47 Å². The Kier molecular flexibility index (Phi) is 5.85. The molecule has 0 N–H and O–H groups in total. The van der Waals surface area contributed by atoms with Crippen molar-refractivity contribution in [1.82, 2.24) is 0 Å². The molecule has 0 aromatic carbocycles. The van der Waals surface area contributed by atoms with Gasteiger partial charge in [-0.05, 0) is 117 Å². The lowest BCUT2D eigenvalue weighted by atomic mass is 9.45. The first-order valence-electron chi connectivity index (χ1n) is 12.4. The summed E-state index contributed by atoms with van der Waals surface area (Å²) in [6.07, 6.45) is 17.1. The van der Waals surface area contributed by atoms with Crippen LogP contribution in [0.15, 0.2) is 0 Å². The summed E-state index contributed by atoms with van der Waals surface area (Å²) in [7, 11) is 0. The molecule has 9 atom stereocenters. The van der Waals surface area contributed by atoms with Crippen LogP contribution in [0.1, 0.15) is 90.9 Å². The summed E-state index contributed by atoms with van der Waals surface area (Å²) in [5.74, 6) is 4.91. The van der Waals surface area contributed by atoms with Gasteiger partial charge in [-0.2, -0.15) is 0 Å². The molecule has 0 aromatic heterocycles. The molecule has 160 valence electrons. The maximum absolute atomic E-state index is 6.45. The minimum absolute atomic E-state index is 0.0959. The SMILES string of the molecule is C[C@]12CC[C@H](O[C@@H]3CCCCO3)C[C@@H]1CC[C@@H]1[C@H]2CC[C@]2(C)[C@@H](CI)CC[C@@H]12. The van der Waals surface area contributed by atoms with E-state index in [4.69, 9.17) is 9.47 Å². The second-order valence-electron chi connectivity index (χ2n) is 11.5. The number of alkyl halides is 1. The van der Waals surface area contributed by atoms with E-state index >= 15 is 0 Å². The monoisotopic (exact) mass is 500 g/mol. The average molecular weight is 501 g/mol. The van der Waals surface area contributed by atoms with E-state index in [9.17, 15) is 0 Å². The van der Waals surface area contributed by atoms with Gasteiger partial charge in [0.15, 0.2) is 6.29 Å². The third-order valence-electron chi connectivity index (χ3n) is 10.5. The Bertz CT molecular complexity index is 561. The molecule has 2 nitrogen and oxygen atoms in total. The van der Waals surface area contributed by atoms with Crippen LogP contribution in [0.2, 0.25) is 0 Å². The van der Waals surface area contributed by atoms with Gasteiger partial charge in [0.1, 0.15) is 0 Å². The van der Waals surface area contributed by atoms with Crippen molar-refractivity contribution >= 4 is 22.6 Å². The third kappa shape index (κ3) is 3.32. The van der Waals surface area contributed by atoms with Gasteiger partial charge in [0, 0.05) is 11.0 Å². The molecule has 1 heterocycles. The summed E-state index contributed by atoms with van der Waals surface area (Å²) < 4.78 is 13.7. The molecule has 0 radical (unpaired) electrons. The average Bonchev–Trinajstić information content (AvgIpc) is 3.05. The molecular weight excluding hydrogens is 459 g/mol. The van der Waals surface area contributed by atoms with E-state index in [-0.39, 0.29) is 6.29 Å². The third-order valence-corrected chi connectivity index (χ3v) is 11.5. The van der Waals surface area contributed by atoms with Crippen molar-refractivity contribution in [2.24, 2.45) is 40.4 Å². The Morgan fingerprint density at radius 3 is 2.50 bits per heavy atom. The maximum atomic E-state index is 6.45. The van der Waals surface area contributed by atoms with E-state index in [0.717, 1.165) is 42.6 Å². The van der Waals surface area contributed by atoms with Crippen LogP contribution in [-0.2, 0) is 9.47 Å². The predicted octanol–water partition coefficient (Wildman–Crippen LogP) is 6.99. The second-order valence-corrected chi connectivity index (χ2v) is 12.3. The molecule has 3 heteroatoms. The lowest BCUT2D eigenvalue weighted by Gasteiger charge is -2.61. The van der Waals surface area contributed by atoms with E-state index in [0.29, 0.717) is 16.9 Å². The molecule has 5 fully saturated rings. The minimum Gasteiger partial charge on any atom is -0.353 e. The number of fused-ring (bicyclic) bond motifs is 5. The lowest BCUT2D eigenvalue weighted by Crippen LogP contribution is -2.54. The van der Waals surface area contributed by atoms with Gasteiger partial charge in [-0.15, -0.1) is 0 Å². The van der Waals surface area contributed by atoms with Crippen molar-refractivity contribution in [3.05, 3.63) is 0 Å². The summed E-state index contributed by atoms with van der Waals surface area (Å²) in [5.41, 5.74) is 1.24. The molecule has 5 rings (SSSR count). The summed E-state index contributed by atoms with van der Waals surface area (Å²) in [5, 5.41) is 0. The molecule has 0 aromatic rings. The molecular formula is C25H41IO2. The van der Waals surface area contributed by atoms with Crippen molar-refractivity contribution in [2.75, 3.05) is 11.0 Å². The zero-order valence-electron chi connectivity index (χ0n) is 18.1. The van der Waals surface area contributed by atoms with E-state index in [2.05, 4.69) is 36.4 Å². The van der Waals surface area contributed by atoms with Crippen molar-refractivity contribution in [3.63, 3.8) is 0 Å². The van der Waals surface area contributed by atoms with E-state index in [1.165, 1.54) is 75.1 Å². The Balaban J connectivity index is 1.27. The highest BCUT2D eigenvalue weighted by Crippen LogP contribution is 2.67. The van der Waals surface area contributed by atoms with Gasteiger partial charge in [0.25, 0.3) is 0 Å². The Hall–Kier alpha value is 0.650. The second kappa shape index (κ2) is 7.97. The lowest BCUT2D eigenvalue weighted by molar-refractivity contribution is -0.212. The van der Waals surface area contributed by atoms with Gasteiger partial charge >= 0.3 is 0 Å². The van der Waals surface area contributed by atoms with Crippen molar-refractivity contribution in [2.45, 2.75) is 103 Å². The number of hydrogen-bond donors (Lipinski definition) is 0. The fourth-order valence-electron chi connectivity index (χ4n) is 8.74. The zero-order valence-corrected chi connectivity index (χ0v) is 20.3. The van der Waals surface area contributed by atoms with Gasteiger partial charge in [-0.1, -0.05) is 36.4 Å². The van der Waals surface area contributed by atoms with Crippen LogP contribution in [0.4, 0.5) is 0 Å². The first-order chi connectivity index (χ1) is 13.5. The van der Waals surface area contributed by atoms with Gasteiger partial charge in [-0.3, -0.25) is 0 Å². The van der Waals surface area contributed by atoms with Crippen molar-refractivity contribution in [3.8, 4) is 0 Å². The van der Waals surface area contributed by atoms with E-state index in [1.807, 2.05) is 0 Å². The van der Waals surface area contributed by atoms with Gasteiger partial charge in [0.05, 0.1) is 6.10 Å². The first kappa shape index (κ1) is 20.5. The predicted molar refractivity (Wildman–Crippen MR) is 123 cm³/mol. The largest absolute Gasteiger partial charge is 0.353 e. The van der Waals surface area contributed by atoms with Gasteiger partial charge in [0.2, 0.25) is 0 Å². The Labute approximate surface area is 186 Å². The fraction of sp³-hybridized carbons (Fsp3) is 1.00. The minimum atomic E-state index is 0.0959. The van der Waals surface area contributed by atoms with Crippen LogP contribution in [0.3, 0.4) is 0 Å². The van der Waals surface area contributed by atoms with E-state index < -0.39 is 0 Å². The molecule has 0 amide bonds. The Morgan fingerprint density at radius 1 is 0.893 bits per heavy atom. The highest BCUT2D eigenvalue weighted by atomic mass is 127.